The van der Waals surface area contributed by atoms with Crippen molar-refractivity contribution >= 4 is 184 Å². The summed E-state index contributed by atoms with van der Waals surface area (Å²) in [7, 11) is 3.75. The van der Waals surface area contributed by atoms with Gasteiger partial charge in [0.1, 0.15) is 36.4 Å². The molecule has 722 valence electrons. The Bertz CT molecular complexity index is 7590. The Labute approximate surface area is 861 Å². The molecule has 33 nitrogen and oxygen atoms in total. The fourth-order valence-corrected chi connectivity index (χ4v) is 16.9. The summed E-state index contributed by atoms with van der Waals surface area (Å²) >= 11 is 7.99. The van der Waals surface area contributed by atoms with Gasteiger partial charge in [-0.25, -0.2) is 54.7 Å². The molecule has 0 aliphatic heterocycles. The number of likely N-dealkylation sites (N-methyl/N-ethyl adjacent to an activating group) is 2. The minimum Gasteiger partial charge on any atom is -0.553 e. The topological polar surface area (TPSA) is 458 Å². The van der Waals surface area contributed by atoms with E-state index in [1.54, 1.807) is 231 Å². The summed E-state index contributed by atoms with van der Waals surface area (Å²) in [5.41, 5.74) is 19.0. The Morgan fingerprint density at radius 2 is 0.741 bits per heavy atom. The number of carbonyl (C=O) groups is 6. The maximum absolute atomic E-state index is 13.6. The van der Waals surface area contributed by atoms with Crippen LogP contribution in [0.15, 0.2) is 381 Å². The normalized spacial score (nSPS) is 11.0. The van der Waals surface area contributed by atoms with E-state index < -0.39 is 25.3 Å². The molecular formula is C105H99BrClN22NaO11S2. The molecule has 14 N–H and O–H groups in total. The van der Waals surface area contributed by atoms with Crippen LogP contribution in [0, 0.1) is 0 Å². The smallest absolute Gasteiger partial charge is 0.553 e. The molecule has 0 radical (unpaired) electrons. The average Bonchev–Trinajstić information content (AvgIpc) is 1.60. The number of para-hydroxylation sites is 3. The fraction of sp³-hybridized carbons (Fsp3) is 0.0857. The third kappa shape index (κ3) is 30.6. The zero-order valence-electron chi connectivity index (χ0n) is 78.5. The molecule has 0 bridgehead atoms. The summed E-state index contributed by atoms with van der Waals surface area (Å²) in [5, 5.41) is 35.8. The number of carbonyl (C=O) groups excluding carboxylic acids is 6. The van der Waals surface area contributed by atoms with E-state index in [2.05, 4.69) is 105 Å². The van der Waals surface area contributed by atoms with Crippen molar-refractivity contribution in [3.63, 3.8) is 0 Å². The van der Waals surface area contributed by atoms with Crippen LogP contribution in [0.1, 0.15) is 31.1 Å². The van der Waals surface area contributed by atoms with Crippen molar-refractivity contribution in [2.45, 2.75) is 9.79 Å². The van der Waals surface area contributed by atoms with Crippen molar-refractivity contribution in [2.75, 3.05) is 109 Å². The summed E-state index contributed by atoms with van der Waals surface area (Å²) in [6, 6.07) is 86.4. The quantitative estimate of drug-likeness (QED) is 0.00517. The first kappa shape index (κ1) is 108. The second-order valence-corrected chi connectivity index (χ2v) is 36.0. The Hall–Kier alpha value is -15.8. The van der Waals surface area contributed by atoms with Gasteiger partial charge in [0, 0.05) is 174 Å². The first-order chi connectivity index (χ1) is 68.7. The van der Waals surface area contributed by atoms with E-state index in [1.165, 1.54) is 45.2 Å². The molecule has 17 aromatic rings. The number of hydrogen-bond acceptors (Lipinski definition) is 24. The molecule has 0 saturated heterocycles. The third-order valence-electron chi connectivity index (χ3n) is 20.4. The predicted octanol–water partition coefficient (Wildman–Crippen LogP) is 16.9. The van der Waals surface area contributed by atoms with Crippen LogP contribution in [-0.4, -0.2) is 170 Å². The van der Waals surface area contributed by atoms with Gasteiger partial charge in [-0.05, 0) is 230 Å². The molecule has 38 heteroatoms. The summed E-state index contributed by atoms with van der Waals surface area (Å²) in [5.74, 6) is 5.06. The minimum atomic E-state index is -3.86. The molecule has 143 heavy (non-hydrogen) atoms. The van der Waals surface area contributed by atoms with Crippen molar-refractivity contribution in [2.24, 2.45) is 0 Å². The standard InChI is InChI=1S/C37H33N7O4S.C31H29N7O2.C31H24N6O3S.C4H4BrClO.C2H7N.H2NO.Na/c1-43(2)21-9-16-36(45)41-27-19-17-26(18-20-27)37(46)42-29-11-8-10-28(22-29)40-35-23-33(38-25-39-35)32-24-44(34-15-7-6-14-31(32)34)49(47,48)30-12-4-3-5-13-30;1-38(2)16-6-11-30(39)36-22-14-12-21(13-15-22)31(40)37-24-8-5-7-23(17-24)35-29-18-28(33-20-34-29)26-19-32-27-10-4-3-9-25(26)27;32-22-15-13-21(14-16-22)31(38)36-24-8-6-7-23(17-24)35-30-18-28(33-20-34-30)27-19-37(29-12-5-4-11-26(27)29)41(39,40)25-9-2-1-3-10-25;5-3-1-2-4(6)7;1-3-2;1-2;/h3-20,22-25H,21H2,1-2H3,(H,41,45)(H,42,46)(H,38,39,40);3-15,17-20,32H,16H2,1-2H3,(H,36,39)(H,37,40)(H,33,34,35);1-20H,32H2,(H,36,38)(H,33,34,35);1-2H,3H2;3H,1-2H3;1-2H;/q;;;;;-1;+1/b16-9+;11-6+;;2-1+;;;. The van der Waals surface area contributed by atoms with E-state index in [9.17, 15) is 45.6 Å². The summed E-state index contributed by atoms with van der Waals surface area (Å²) < 4.78 is 56.7. The van der Waals surface area contributed by atoms with Crippen molar-refractivity contribution in [1.82, 2.24) is 57.9 Å². The van der Waals surface area contributed by atoms with Gasteiger partial charge in [0.05, 0.1) is 37.9 Å². The Kier molecular flexibility index (Phi) is 39.9. The Morgan fingerprint density at radius 3 is 1.10 bits per heavy atom. The van der Waals surface area contributed by atoms with Gasteiger partial charge in [-0.2, -0.15) is 0 Å². The van der Waals surface area contributed by atoms with E-state index in [0.717, 1.165) is 38.6 Å². The van der Waals surface area contributed by atoms with Crippen LogP contribution in [0.25, 0.3) is 72.4 Å². The molecule has 17 rings (SSSR count). The molecular weight excluding hydrogens is 1950 g/mol. The van der Waals surface area contributed by atoms with Crippen molar-refractivity contribution < 1.29 is 80.4 Å². The average molecular weight is 2050 g/mol. The van der Waals surface area contributed by atoms with Gasteiger partial charge >= 0.3 is 29.6 Å². The van der Waals surface area contributed by atoms with Crippen LogP contribution in [0.5, 0.6) is 0 Å². The van der Waals surface area contributed by atoms with Gasteiger partial charge in [-0.3, -0.25) is 28.8 Å². The zero-order valence-corrected chi connectivity index (χ0v) is 84.5. The summed E-state index contributed by atoms with van der Waals surface area (Å²) in [6.45, 7) is 1.33. The van der Waals surface area contributed by atoms with Gasteiger partial charge < -0.3 is 79.5 Å². The van der Waals surface area contributed by atoms with Gasteiger partial charge in [0.2, 0.25) is 17.1 Å². The number of nitrogen functional groups attached to an aromatic ring is 1. The number of anilines is 12. The molecule has 0 unspecified atom stereocenters. The fourth-order valence-electron chi connectivity index (χ4n) is 13.9. The van der Waals surface area contributed by atoms with E-state index >= 15 is 0 Å². The van der Waals surface area contributed by atoms with Gasteiger partial charge in [-0.1, -0.05) is 143 Å². The summed E-state index contributed by atoms with van der Waals surface area (Å²) in [4.78, 5) is 106. The molecule has 6 aromatic heterocycles. The SMILES string of the molecule is CN(C)C/C=C/C(=O)Nc1ccc(C(=O)Nc2cccc(Nc3cc(-c4c[nH]c5ccccc45)ncn3)c2)cc1.CN(C)C/C=C/C(=O)Nc1ccc(C(=O)Nc2cccc(Nc3cc(-c4cn(S(=O)(=O)c5ccccc5)c5ccccc45)ncn3)c2)cc1.CNC.Nc1ccc(C(=O)Nc2cccc(Nc3cc(-c4cn(S(=O)(=O)c5ccccc5)c5ccccc45)ncn3)c2)cc1.O=C(Cl)/C=C/CBr.[NH-]O.[Na+]. The molecule has 0 fully saturated rings. The molecule has 0 saturated carbocycles. The van der Waals surface area contributed by atoms with Crippen molar-refractivity contribution in [3.05, 3.63) is 394 Å². The van der Waals surface area contributed by atoms with E-state index in [-0.39, 0.29) is 68.9 Å². The van der Waals surface area contributed by atoms with Crippen LogP contribution in [0.2, 0.25) is 0 Å². The number of rotatable bonds is 29. The zero-order chi connectivity index (χ0) is 101. The monoisotopic (exact) mass is 2040 g/mol. The number of aromatic nitrogens is 9. The van der Waals surface area contributed by atoms with Crippen molar-refractivity contribution in [1.29, 1.82) is 0 Å². The molecule has 5 amide bonds. The number of alkyl halides is 1. The van der Waals surface area contributed by atoms with E-state index in [0.29, 0.717) is 132 Å². The largest absolute Gasteiger partial charge is 1.00 e. The van der Waals surface area contributed by atoms with E-state index in [1.807, 2.05) is 149 Å². The number of amides is 5. The number of nitrogens with zero attached hydrogens (tertiary/aromatic N) is 10. The van der Waals surface area contributed by atoms with Crippen LogP contribution in [0.3, 0.4) is 0 Å². The molecule has 0 aliphatic carbocycles. The molecule has 11 aromatic carbocycles. The Balaban J connectivity index is 0.000000194. The van der Waals surface area contributed by atoms with Crippen LogP contribution in [0.4, 0.5) is 68.6 Å². The maximum Gasteiger partial charge on any atom is 1.00 e. The number of halogens is 2. The second-order valence-electron chi connectivity index (χ2n) is 31.4. The number of H-pyrrole nitrogens is 1. The number of hydrogen-bond donors (Lipinski definition) is 12. The first-order valence-corrected chi connectivity index (χ1v) is 48.0. The number of fused-ring (bicyclic) bond motifs is 3. The number of allylic oxidation sites excluding steroid dienone is 2. The number of aromatic amines is 1. The van der Waals surface area contributed by atoms with Gasteiger partial charge in [0.15, 0.2) is 0 Å². The van der Waals surface area contributed by atoms with Crippen LogP contribution < -0.4 is 83.1 Å². The second kappa shape index (κ2) is 53.0. The predicted molar refractivity (Wildman–Crippen MR) is 568 cm³/mol. The molecule has 0 aliphatic rings. The number of benzene rings is 11. The molecule has 0 spiro atoms. The molecule has 0 atom stereocenters. The summed E-state index contributed by atoms with van der Waals surface area (Å²) in [6.07, 6.45) is 18.9. The van der Waals surface area contributed by atoms with Gasteiger partial charge in [0.25, 0.3) is 37.8 Å². The maximum atomic E-state index is 13.6. The number of nitrogens with two attached hydrogens (primary N) is 1. The molecule has 6 heterocycles. The van der Waals surface area contributed by atoms with Gasteiger partial charge in [-0.15, -0.1) is 0 Å². The van der Waals surface area contributed by atoms with E-state index in [4.69, 9.17) is 28.4 Å². The number of nitrogens with one attached hydrogen (secondary N) is 11. The minimum absolute atomic E-state index is 0. The third-order valence-corrected chi connectivity index (χ3v) is 24.2. The first-order valence-electron chi connectivity index (χ1n) is 43.6. The van der Waals surface area contributed by atoms with Crippen LogP contribution in [-0.2, 0) is 34.4 Å². The van der Waals surface area contributed by atoms with Crippen molar-refractivity contribution in [3.8, 4) is 33.8 Å². The van der Waals surface area contributed by atoms with Crippen LogP contribution >= 0.6 is 27.5 Å². The Morgan fingerprint density at radius 1 is 0.406 bits per heavy atom.